The van der Waals surface area contributed by atoms with E-state index >= 15 is 0 Å². The number of Topliss-reactive ketones (excluding diaryl/α,β-unsaturated/α-hetero) is 1. The molecule has 0 saturated carbocycles. The lowest BCUT2D eigenvalue weighted by Gasteiger charge is -2.26. The van der Waals surface area contributed by atoms with Crippen molar-refractivity contribution in [3.8, 4) is 5.75 Å². The lowest BCUT2D eigenvalue weighted by Crippen LogP contribution is -2.45. The Morgan fingerprint density at radius 1 is 1.32 bits per heavy atom. The third kappa shape index (κ3) is 3.60. The molecule has 1 aromatic carbocycles. The molecular formula is C13H16Cl2N2O2. The van der Waals surface area contributed by atoms with Crippen molar-refractivity contribution in [3.63, 3.8) is 0 Å². The predicted molar refractivity (Wildman–Crippen MR) is 76.7 cm³/mol. The highest BCUT2D eigenvalue weighted by atomic mass is 35.5. The van der Waals surface area contributed by atoms with Crippen molar-refractivity contribution in [3.05, 3.63) is 27.7 Å². The molecule has 4 nitrogen and oxygen atoms in total. The SMILES string of the molecule is COc1c(Cl)cc(C(=O)CN2CCNCC2)cc1Cl. The van der Waals surface area contributed by atoms with Crippen molar-refractivity contribution in [2.24, 2.45) is 0 Å². The van der Waals surface area contributed by atoms with Crippen molar-refractivity contribution >= 4 is 29.0 Å². The number of piperazine rings is 1. The topological polar surface area (TPSA) is 41.6 Å². The van der Waals surface area contributed by atoms with Crippen LogP contribution in [0.3, 0.4) is 0 Å². The normalized spacial score (nSPS) is 16.4. The highest BCUT2D eigenvalue weighted by Crippen LogP contribution is 2.33. The van der Waals surface area contributed by atoms with Crippen molar-refractivity contribution in [2.75, 3.05) is 39.8 Å². The van der Waals surface area contributed by atoms with Gasteiger partial charge in [0.25, 0.3) is 0 Å². The summed E-state index contributed by atoms with van der Waals surface area (Å²) >= 11 is 12.1. The van der Waals surface area contributed by atoms with Crippen LogP contribution in [0.25, 0.3) is 0 Å². The van der Waals surface area contributed by atoms with Gasteiger partial charge in [-0.15, -0.1) is 0 Å². The van der Waals surface area contributed by atoms with E-state index in [4.69, 9.17) is 27.9 Å². The number of carbonyl (C=O) groups excluding carboxylic acids is 1. The van der Waals surface area contributed by atoms with Gasteiger partial charge < -0.3 is 10.1 Å². The Morgan fingerprint density at radius 2 is 1.89 bits per heavy atom. The third-order valence-corrected chi connectivity index (χ3v) is 3.66. The highest BCUT2D eigenvalue weighted by molar-refractivity contribution is 6.37. The molecule has 1 saturated heterocycles. The van der Waals surface area contributed by atoms with Crippen LogP contribution in [0.4, 0.5) is 0 Å². The molecule has 1 aromatic rings. The number of halogens is 2. The maximum absolute atomic E-state index is 12.2. The number of rotatable bonds is 4. The Kier molecular flexibility index (Phi) is 5.05. The number of benzene rings is 1. The van der Waals surface area contributed by atoms with Gasteiger partial charge in [0.15, 0.2) is 11.5 Å². The van der Waals surface area contributed by atoms with Crippen molar-refractivity contribution in [1.29, 1.82) is 0 Å². The maximum atomic E-state index is 12.2. The summed E-state index contributed by atoms with van der Waals surface area (Å²) in [4.78, 5) is 14.3. The van der Waals surface area contributed by atoms with Gasteiger partial charge in [-0.2, -0.15) is 0 Å². The number of hydrogen-bond acceptors (Lipinski definition) is 4. The molecule has 0 aromatic heterocycles. The van der Waals surface area contributed by atoms with E-state index in [-0.39, 0.29) is 5.78 Å². The summed E-state index contributed by atoms with van der Waals surface area (Å²) in [6, 6.07) is 3.22. The van der Waals surface area contributed by atoms with E-state index in [2.05, 4.69) is 10.2 Å². The minimum absolute atomic E-state index is 0.0216. The first-order valence-corrected chi connectivity index (χ1v) is 6.86. The van der Waals surface area contributed by atoms with Crippen LogP contribution >= 0.6 is 23.2 Å². The number of nitrogens with one attached hydrogen (secondary N) is 1. The summed E-state index contributed by atoms with van der Waals surface area (Å²) in [6.45, 7) is 3.97. The standard InChI is InChI=1S/C13H16Cl2N2O2/c1-19-13-10(14)6-9(7-11(13)15)12(18)8-17-4-2-16-3-5-17/h6-7,16H,2-5,8H2,1H3. The molecule has 1 fully saturated rings. The first-order chi connectivity index (χ1) is 9.11. The van der Waals surface area contributed by atoms with E-state index in [0.717, 1.165) is 26.2 Å². The fourth-order valence-electron chi connectivity index (χ4n) is 2.08. The third-order valence-electron chi connectivity index (χ3n) is 3.10. The van der Waals surface area contributed by atoms with Crippen LogP contribution in [0.5, 0.6) is 5.75 Å². The molecular weight excluding hydrogens is 287 g/mol. The predicted octanol–water partition coefficient (Wildman–Crippen LogP) is 2.09. The Morgan fingerprint density at radius 3 is 2.42 bits per heavy atom. The number of hydrogen-bond donors (Lipinski definition) is 1. The van der Waals surface area contributed by atoms with Crippen LogP contribution < -0.4 is 10.1 Å². The fraction of sp³-hybridized carbons (Fsp3) is 0.462. The van der Waals surface area contributed by atoms with Gasteiger partial charge in [-0.1, -0.05) is 23.2 Å². The average molecular weight is 303 g/mol. The van der Waals surface area contributed by atoms with Crippen LogP contribution in [0.2, 0.25) is 10.0 Å². The zero-order valence-electron chi connectivity index (χ0n) is 10.7. The van der Waals surface area contributed by atoms with E-state index in [1.807, 2.05) is 0 Å². The van der Waals surface area contributed by atoms with Gasteiger partial charge in [0.05, 0.1) is 23.7 Å². The molecule has 104 valence electrons. The molecule has 6 heteroatoms. The van der Waals surface area contributed by atoms with Gasteiger partial charge in [-0.3, -0.25) is 9.69 Å². The van der Waals surface area contributed by atoms with E-state index in [0.29, 0.717) is 27.9 Å². The molecule has 0 aliphatic carbocycles. The van der Waals surface area contributed by atoms with Crippen molar-refractivity contribution in [2.45, 2.75) is 0 Å². The van der Waals surface area contributed by atoms with Crippen LogP contribution in [-0.4, -0.2) is 50.5 Å². The number of ether oxygens (including phenoxy) is 1. The van der Waals surface area contributed by atoms with Crippen LogP contribution in [0.15, 0.2) is 12.1 Å². The Labute approximate surface area is 122 Å². The van der Waals surface area contributed by atoms with E-state index in [9.17, 15) is 4.79 Å². The smallest absolute Gasteiger partial charge is 0.176 e. The minimum Gasteiger partial charge on any atom is -0.494 e. The Hall–Kier alpha value is -0.810. The summed E-state index contributed by atoms with van der Waals surface area (Å²) < 4.78 is 5.07. The molecule has 0 amide bonds. The molecule has 0 bridgehead atoms. The second-order valence-electron chi connectivity index (χ2n) is 4.42. The van der Waals surface area contributed by atoms with Gasteiger partial charge in [-0.25, -0.2) is 0 Å². The average Bonchev–Trinajstić information content (AvgIpc) is 2.39. The molecule has 1 N–H and O–H groups in total. The summed E-state index contributed by atoms with van der Waals surface area (Å²) in [6.07, 6.45) is 0. The Balaban J connectivity index is 2.10. The van der Waals surface area contributed by atoms with Crippen LogP contribution in [0.1, 0.15) is 10.4 Å². The lowest BCUT2D eigenvalue weighted by molar-refractivity contribution is 0.0921. The summed E-state index contributed by atoms with van der Waals surface area (Å²) in [5, 5.41) is 3.97. The first-order valence-electron chi connectivity index (χ1n) is 6.11. The molecule has 1 aliphatic heterocycles. The summed E-state index contributed by atoms with van der Waals surface area (Å²) in [5.74, 6) is 0.426. The van der Waals surface area contributed by atoms with Crippen LogP contribution in [0, 0.1) is 0 Å². The van der Waals surface area contributed by atoms with Gasteiger partial charge in [0.2, 0.25) is 0 Å². The van der Waals surface area contributed by atoms with E-state index in [1.165, 1.54) is 7.11 Å². The van der Waals surface area contributed by atoms with Gasteiger partial charge in [0.1, 0.15) is 0 Å². The molecule has 0 spiro atoms. The maximum Gasteiger partial charge on any atom is 0.176 e. The van der Waals surface area contributed by atoms with Gasteiger partial charge in [0, 0.05) is 31.7 Å². The summed E-state index contributed by atoms with van der Waals surface area (Å²) in [5.41, 5.74) is 0.523. The van der Waals surface area contributed by atoms with Gasteiger partial charge >= 0.3 is 0 Å². The lowest BCUT2D eigenvalue weighted by atomic mass is 10.1. The highest BCUT2D eigenvalue weighted by Gasteiger charge is 2.17. The number of nitrogens with zero attached hydrogens (tertiary/aromatic N) is 1. The van der Waals surface area contributed by atoms with Gasteiger partial charge in [-0.05, 0) is 12.1 Å². The molecule has 19 heavy (non-hydrogen) atoms. The Bertz CT molecular complexity index is 451. The largest absolute Gasteiger partial charge is 0.494 e. The number of ketones is 1. The molecule has 1 heterocycles. The monoisotopic (exact) mass is 302 g/mol. The quantitative estimate of drug-likeness (QED) is 0.865. The zero-order valence-corrected chi connectivity index (χ0v) is 12.2. The van der Waals surface area contributed by atoms with Crippen LogP contribution in [-0.2, 0) is 0 Å². The molecule has 1 aliphatic rings. The second kappa shape index (κ2) is 6.57. The van der Waals surface area contributed by atoms with Crippen molar-refractivity contribution in [1.82, 2.24) is 10.2 Å². The number of carbonyl (C=O) groups is 1. The molecule has 0 radical (unpaired) electrons. The van der Waals surface area contributed by atoms with Crippen molar-refractivity contribution < 1.29 is 9.53 Å². The van der Waals surface area contributed by atoms with E-state index in [1.54, 1.807) is 12.1 Å². The second-order valence-corrected chi connectivity index (χ2v) is 5.24. The zero-order chi connectivity index (χ0) is 13.8. The molecule has 0 unspecified atom stereocenters. The first kappa shape index (κ1) is 14.6. The summed E-state index contributed by atoms with van der Waals surface area (Å²) in [7, 11) is 1.50. The van der Waals surface area contributed by atoms with E-state index < -0.39 is 0 Å². The number of methoxy groups -OCH3 is 1. The molecule has 0 atom stereocenters. The molecule has 2 rings (SSSR count). The minimum atomic E-state index is 0.0216. The fourth-order valence-corrected chi connectivity index (χ4v) is 2.72.